The molecule has 0 unspecified atom stereocenters. The van der Waals surface area contributed by atoms with E-state index in [2.05, 4.69) is 69.4 Å². The molecule has 0 heterocycles. The molecule has 0 saturated carbocycles. The zero-order valence-corrected chi connectivity index (χ0v) is 14.7. The number of rotatable bonds is 5. The Labute approximate surface area is 140 Å². The van der Waals surface area contributed by atoms with Gasteiger partial charge in [-0.25, -0.2) is 0 Å². The maximum absolute atomic E-state index is 5.81. The highest BCUT2D eigenvalue weighted by Gasteiger charge is 2.08. The van der Waals surface area contributed by atoms with Crippen molar-refractivity contribution in [2.75, 3.05) is 0 Å². The highest BCUT2D eigenvalue weighted by atomic mass is 35.5. The zero-order valence-electron chi connectivity index (χ0n) is 13.8. The molecule has 0 bridgehead atoms. The molecule has 0 saturated heterocycles. The summed E-state index contributed by atoms with van der Waals surface area (Å²) in [7, 11) is 0. The lowest BCUT2D eigenvalue weighted by Crippen LogP contribution is -2.34. The highest BCUT2D eigenvalue weighted by Crippen LogP contribution is 2.15. The van der Waals surface area contributed by atoms with Gasteiger partial charge in [0.05, 0.1) is 0 Å². The Hall–Kier alpha value is -1.51. The van der Waals surface area contributed by atoms with Gasteiger partial charge in [-0.1, -0.05) is 42.0 Å². The van der Waals surface area contributed by atoms with E-state index in [1.54, 1.807) is 0 Å². The summed E-state index contributed by atoms with van der Waals surface area (Å²) in [6, 6.07) is 16.7. The van der Waals surface area contributed by atoms with Gasteiger partial charge in [-0.3, -0.25) is 0 Å². The predicted molar refractivity (Wildman–Crippen MR) is 95.8 cm³/mol. The van der Waals surface area contributed by atoms with Crippen LogP contribution in [0.4, 0.5) is 0 Å². The second-order valence-corrected chi connectivity index (χ2v) is 6.52. The van der Waals surface area contributed by atoms with Crippen LogP contribution >= 0.6 is 12.4 Å². The Kier molecular flexibility index (Phi) is 6.92. The molecule has 120 valence electrons. The van der Waals surface area contributed by atoms with Crippen LogP contribution in [-0.4, -0.2) is 5.54 Å². The number of hydrogen-bond donors (Lipinski definition) is 1. The average Bonchev–Trinajstić information content (AvgIpc) is 2.45. The van der Waals surface area contributed by atoms with Gasteiger partial charge in [-0.15, -0.1) is 12.4 Å². The van der Waals surface area contributed by atoms with Crippen molar-refractivity contribution in [2.45, 2.75) is 46.4 Å². The lowest BCUT2D eigenvalue weighted by atomic mass is 10.1. The Morgan fingerprint density at radius 1 is 0.864 bits per heavy atom. The van der Waals surface area contributed by atoms with Crippen molar-refractivity contribution in [2.24, 2.45) is 0 Å². The van der Waals surface area contributed by atoms with Gasteiger partial charge in [0.2, 0.25) is 0 Å². The molecule has 3 heteroatoms. The molecule has 2 nitrogen and oxygen atoms in total. The van der Waals surface area contributed by atoms with Crippen molar-refractivity contribution >= 4 is 12.4 Å². The summed E-state index contributed by atoms with van der Waals surface area (Å²) >= 11 is 0. The zero-order chi connectivity index (χ0) is 15.3. The minimum Gasteiger partial charge on any atom is -0.489 e. The number of benzene rings is 2. The third kappa shape index (κ3) is 6.50. The van der Waals surface area contributed by atoms with E-state index in [0.29, 0.717) is 6.61 Å². The summed E-state index contributed by atoms with van der Waals surface area (Å²) in [4.78, 5) is 0. The first-order valence-corrected chi connectivity index (χ1v) is 7.45. The second kappa shape index (κ2) is 8.21. The summed E-state index contributed by atoms with van der Waals surface area (Å²) in [6.45, 7) is 10.1. The van der Waals surface area contributed by atoms with Crippen LogP contribution < -0.4 is 10.1 Å². The molecule has 0 amide bonds. The second-order valence-electron chi connectivity index (χ2n) is 6.52. The quantitative estimate of drug-likeness (QED) is 0.847. The van der Waals surface area contributed by atoms with Crippen LogP contribution in [0.15, 0.2) is 48.5 Å². The summed E-state index contributed by atoms with van der Waals surface area (Å²) in [6.07, 6.45) is 0. The van der Waals surface area contributed by atoms with Crippen LogP contribution in [0.2, 0.25) is 0 Å². The monoisotopic (exact) mass is 319 g/mol. The average molecular weight is 320 g/mol. The molecule has 2 rings (SSSR count). The van der Waals surface area contributed by atoms with E-state index in [0.717, 1.165) is 12.3 Å². The molecule has 1 N–H and O–H groups in total. The van der Waals surface area contributed by atoms with Gasteiger partial charge in [0.15, 0.2) is 0 Å². The molecule has 0 aliphatic carbocycles. The minimum atomic E-state index is 0. The first-order chi connectivity index (χ1) is 9.92. The summed E-state index contributed by atoms with van der Waals surface area (Å²) < 4.78 is 5.81. The molecule has 0 spiro atoms. The van der Waals surface area contributed by atoms with Crippen LogP contribution in [0.3, 0.4) is 0 Å². The molecule has 22 heavy (non-hydrogen) atoms. The van der Waals surface area contributed by atoms with Crippen molar-refractivity contribution in [3.05, 3.63) is 65.2 Å². The molecule has 0 aliphatic heterocycles. The van der Waals surface area contributed by atoms with Gasteiger partial charge in [-0.05, 0) is 51.0 Å². The molecular weight excluding hydrogens is 294 g/mol. The van der Waals surface area contributed by atoms with E-state index in [1.165, 1.54) is 16.7 Å². The molecule has 2 aromatic carbocycles. The van der Waals surface area contributed by atoms with E-state index in [4.69, 9.17) is 4.74 Å². The number of halogens is 1. The summed E-state index contributed by atoms with van der Waals surface area (Å²) in [5.74, 6) is 0.912. The van der Waals surface area contributed by atoms with E-state index in [-0.39, 0.29) is 17.9 Å². The van der Waals surface area contributed by atoms with Crippen molar-refractivity contribution in [1.29, 1.82) is 0 Å². The maximum atomic E-state index is 5.81. The van der Waals surface area contributed by atoms with Crippen molar-refractivity contribution in [3.8, 4) is 5.75 Å². The van der Waals surface area contributed by atoms with E-state index in [9.17, 15) is 0 Å². The van der Waals surface area contributed by atoms with Crippen LogP contribution in [0.5, 0.6) is 5.75 Å². The van der Waals surface area contributed by atoms with Crippen molar-refractivity contribution < 1.29 is 4.74 Å². The van der Waals surface area contributed by atoms with Gasteiger partial charge in [0, 0.05) is 12.1 Å². The first kappa shape index (κ1) is 18.5. The van der Waals surface area contributed by atoms with Crippen LogP contribution in [-0.2, 0) is 13.2 Å². The number of ether oxygens (including phenoxy) is 1. The number of nitrogens with one attached hydrogen (secondary N) is 1. The fraction of sp³-hybridized carbons (Fsp3) is 0.368. The Morgan fingerprint density at radius 3 is 1.95 bits per heavy atom. The number of aryl methyl sites for hydroxylation is 1. The van der Waals surface area contributed by atoms with Gasteiger partial charge in [0.1, 0.15) is 12.4 Å². The van der Waals surface area contributed by atoms with E-state index >= 15 is 0 Å². The predicted octanol–water partition coefficient (Wildman–Crippen LogP) is 4.88. The van der Waals surface area contributed by atoms with E-state index in [1.807, 2.05) is 12.1 Å². The lowest BCUT2D eigenvalue weighted by molar-refractivity contribution is 0.306. The van der Waals surface area contributed by atoms with Gasteiger partial charge in [-0.2, -0.15) is 0 Å². The topological polar surface area (TPSA) is 21.3 Å². The first-order valence-electron chi connectivity index (χ1n) is 7.45. The third-order valence-electron chi connectivity index (χ3n) is 3.27. The Balaban J connectivity index is 0.00000242. The third-order valence-corrected chi connectivity index (χ3v) is 3.27. The largest absolute Gasteiger partial charge is 0.489 e. The molecule has 0 fully saturated rings. The van der Waals surface area contributed by atoms with Crippen LogP contribution in [0, 0.1) is 6.92 Å². The summed E-state index contributed by atoms with van der Waals surface area (Å²) in [5.41, 5.74) is 3.88. The van der Waals surface area contributed by atoms with Crippen molar-refractivity contribution in [1.82, 2.24) is 5.32 Å². The van der Waals surface area contributed by atoms with Crippen LogP contribution in [0.1, 0.15) is 37.5 Å². The van der Waals surface area contributed by atoms with Gasteiger partial charge < -0.3 is 10.1 Å². The fourth-order valence-corrected chi connectivity index (χ4v) is 1.92. The Bertz CT molecular complexity index is 555. The molecule has 0 aliphatic rings. The van der Waals surface area contributed by atoms with Crippen LogP contribution in [0.25, 0.3) is 0 Å². The summed E-state index contributed by atoms with van der Waals surface area (Å²) in [5, 5.41) is 3.48. The molecule has 0 aromatic heterocycles. The van der Waals surface area contributed by atoms with E-state index < -0.39 is 0 Å². The Morgan fingerprint density at radius 2 is 1.41 bits per heavy atom. The molecule has 0 radical (unpaired) electrons. The molecular formula is C19H26ClNO. The lowest BCUT2D eigenvalue weighted by Gasteiger charge is -2.20. The van der Waals surface area contributed by atoms with Crippen molar-refractivity contribution in [3.63, 3.8) is 0 Å². The number of hydrogen-bond acceptors (Lipinski definition) is 2. The van der Waals surface area contributed by atoms with Gasteiger partial charge >= 0.3 is 0 Å². The molecule has 2 aromatic rings. The smallest absolute Gasteiger partial charge is 0.119 e. The SMILES string of the molecule is Cc1ccc(COc2ccc(CNC(C)(C)C)cc2)cc1.Cl. The van der Waals surface area contributed by atoms with Gasteiger partial charge in [0.25, 0.3) is 0 Å². The molecule has 0 atom stereocenters. The highest BCUT2D eigenvalue weighted by molar-refractivity contribution is 5.85. The normalized spacial score (nSPS) is 10.9. The standard InChI is InChI=1S/C19H25NO.ClH/c1-15-5-7-17(8-6-15)14-21-18-11-9-16(10-12-18)13-20-19(2,3)4;/h5-12,20H,13-14H2,1-4H3;1H. The fourth-order valence-electron chi connectivity index (χ4n) is 1.92. The minimum absolute atomic E-state index is 0. The maximum Gasteiger partial charge on any atom is 0.119 e.